The maximum absolute atomic E-state index is 12.9. The van der Waals surface area contributed by atoms with Crippen molar-refractivity contribution < 1.29 is 18.3 Å². The summed E-state index contributed by atoms with van der Waals surface area (Å²) in [5, 5.41) is 5.00. The van der Waals surface area contributed by atoms with Crippen LogP contribution in [0.15, 0.2) is 11.4 Å². The summed E-state index contributed by atoms with van der Waals surface area (Å²) in [6, 6.07) is 2.15. The predicted molar refractivity (Wildman–Crippen MR) is 91.7 cm³/mol. The van der Waals surface area contributed by atoms with Crippen LogP contribution < -0.4 is 5.32 Å². The standard InChI is InChI=1S/C18H24F2N2O2S/c1-11-2-3-25-16(11)9-22-7-14-13(10-24-15(14)8-22)6-21-17(23)12-4-18(19,20)5-12/h2-3,12-15H,4-10H2,1H3,(H,21,23)/t13-,14-,15-/m1/s1. The second kappa shape index (κ2) is 6.59. The van der Waals surface area contributed by atoms with Crippen molar-refractivity contribution in [1.29, 1.82) is 0 Å². The lowest BCUT2D eigenvalue weighted by Gasteiger charge is -2.34. The van der Waals surface area contributed by atoms with Crippen molar-refractivity contribution >= 4 is 17.2 Å². The van der Waals surface area contributed by atoms with Gasteiger partial charge in [-0.2, -0.15) is 0 Å². The van der Waals surface area contributed by atoms with E-state index in [2.05, 4.69) is 28.6 Å². The minimum absolute atomic E-state index is 0.224. The molecular weight excluding hydrogens is 346 g/mol. The molecule has 0 aromatic carbocycles. The zero-order valence-corrected chi connectivity index (χ0v) is 15.2. The van der Waals surface area contributed by atoms with Gasteiger partial charge in [0.2, 0.25) is 11.8 Å². The van der Waals surface area contributed by atoms with E-state index < -0.39 is 11.8 Å². The molecule has 1 N–H and O–H groups in total. The van der Waals surface area contributed by atoms with Crippen molar-refractivity contribution in [3.8, 4) is 0 Å². The molecule has 7 heteroatoms. The summed E-state index contributed by atoms with van der Waals surface area (Å²) in [4.78, 5) is 15.8. The maximum Gasteiger partial charge on any atom is 0.249 e. The Labute approximate surface area is 150 Å². The average molecular weight is 370 g/mol. The second-order valence-corrected chi connectivity index (χ2v) is 8.72. The van der Waals surface area contributed by atoms with E-state index in [1.165, 1.54) is 10.4 Å². The molecule has 3 heterocycles. The van der Waals surface area contributed by atoms with E-state index in [1.54, 1.807) is 11.3 Å². The molecule has 3 fully saturated rings. The Kier molecular flexibility index (Phi) is 4.58. The first-order chi connectivity index (χ1) is 11.9. The molecule has 1 amide bonds. The Hall–Kier alpha value is -1.05. The van der Waals surface area contributed by atoms with Crippen LogP contribution in [0.25, 0.3) is 0 Å². The van der Waals surface area contributed by atoms with Crippen molar-refractivity contribution in [2.75, 3.05) is 26.2 Å². The number of fused-ring (bicyclic) bond motifs is 1. The van der Waals surface area contributed by atoms with Crippen LogP contribution in [0.2, 0.25) is 0 Å². The van der Waals surface area contributed by atoms with Gasteiger partial charge in [0.05, 0.1) is 12.7 Å². The summed E-state index contributed by atoms with van der Waals surface area (Å²) in [6.07, 6.45) is -0.379. The third-order valence-corrected chi connectivity index (χ3v) is 6.86. The van der Waals surface area contributed by atoms with Gasteiger partial charge < -0.3 is 10.1 Å². The van der Waals surface area contributed by atoms with Crippen LogP contribution in [0.3, 0.4) is 0 Å². The number of halogens is 2. The number of carbonyl (C=O) groups is 1. The third-order valence-electron chi connectivity index (χ3n) is 5.85. The normalized spacial score (nSPS) is 31.7. The molecule has 1 saturated carbocycles. The number of likely N-dealkylation sites (tertiary alicyclic amines) is 1. The van der Waals surface area contributed by atoms with Crippen molar-refractivity contribution in [1.82, 2.24) is 10.2 Å². The molecular formula is C18H24F2N2O2S. The molecule has 138 valence electrons. The fraction of sp³-hybridized carbons (Fsp3) is 0.722. The van der Waals surface area contributed by atoms with Crippen LogP contribution in [0, 0.1) is 24.7 Å². The fourth-order valence-electron chi connectivity index (χ4n) is 4.21. The highest BCUT2D eigenvalue weighted by Gasteiger charge is 2.49. The fourth-order valence-corrected chi connectivity index (χ4v) is 5.16. The SMILES string of the molecule is Cc1ccsc1CN1C[C@@H]2[C@H](CNC(=O)C3CC(F)(F)C3)CO[C@@H]2C1. The van der Waals surface area contributed by atoms with Gasteiger partial charge in [0, 0.05) is 61.7 Å². The summed E-state index contributed by atoms with van der Waals surface area (Å²) in [6.45, 7) is 6.19. The molecule has 1 aromatic rings. The highest BCUT2D eigenvalue weighted by atomic mass is 32.1. The summed E-state index contributed by atoms with van der Waals surface area (Å²) < 4.78 is 31.7. The van der Waals surface area contributed by atoms with Crippen molar-refractivity contribution in [2.24, 2.45) is 17.8 Å². The number of alkyl halides is 2. The Morgan fingerprint density at radius 3 is 2.92 bits per heavy atom. The Morgan fingerprint density at radius 1 is 1.44 bits per heavy atom. The number of hydrogen-bond donors (Lipinski definition) is 1. The minimum Gasteiger partial charge on any atom is -0.376 e. The number of nitrogens with zero attached hydrogens (tertiary/aromatic N) is 1. The Balaban J connectivity index is 1.26. The third kappa shape index (κ3) is 3.59. The minimum atomic E-state index is -2.64. The first kappa shape index (κ1) is 17.4. The molecule has 4 rings (SSSR count). The van der Waals surface area contributed by atoms with Crippen molar-refractivity contribution in [3.63, 3.8) is 0 Å². The number of ether oxygens (including phenoxy) is 1. The van der Waals surface area contributed by atoms with E-state index in [-0.39, 0.29) is 30.8 Å². The van der Waals surface area contributed by atoms with Gasteiger partial charge in [-0.1, -0.05) is 0 Å². The highest BCUT2D eigenvalue weighted by Crippen LogP contribution is 2.42. The largest absolute Gasteiger partial charge is 0.376 e. The maximum atomic E-state index is 12.9. The molecule has 0 bridgehead atoms. The summed E-state index contributed by atoms with van der Waals surface area (Å²) >= 11 is 1.79. The molecule has 3 atom stereocenters. The number of carbonyl (C=O) groups excluding carboxylic acids is 1. The van der Waals surface area contributed by atoms with Gasteiger partial charge in [0.25, 0.3) is 0 Å². The summed E-state index contributed by atoms with van der Waals surface area (Å²) in [5.74, 6) is -2.68. The van der Waals surface area contributed by atoms with Crippen molar-refractivity contribution in [2.45, 2.75) is 38.3 Å². The highest BCUT2D eigenvalue weighted by molar-refractivity contribution is 7.10. The lowest BCUT2D eigenvalue weighted by Crippen LogP contribution is -2.46. The summed E-state index contributed by atoms with van der Waals surface area (Å²) in [5.41, 5.74) is 1.34. The van der Waals surface area contributed by atoms with Gasteiger partial charge >= 0.3 is 0 Å². The number of thiophene rings is 1. The molecule has 1 aromatic heterocycles. The quantitative estimate of drug-likeness (QED) is 0.866. The van der Waals surface area contributed by atoms with Crippen LogP contribution in [-0.2, 0) is 16.1 Å². The number of amides is 1. The number of aryl methyl sites for hydroxylation is 1. The smallest absolute Gasteiger partial charge is 0.249 e. The monoisotopic (exact) mass is 370 g/mol. The van der Waals surface area contributed by atoms with Gasteiger partial charge in [-0.3, -0.25) is 9.69 Å². The molecule has 4 nitrogen and oxygen atoms in total. The van der Waals surface area contributed by atoms with E-state index in [9.17, 15) is 13.6 Å². The lowest BCUT2D eigenvalue weighted by molar-refractivity contribution is -0.150. The average Bonchev–Trinajstić information content (AvgIpc) is 3.20. The molecule has 0 radical (unpaired) electrons. The second-order valence-electron chi connectivity index (χ2n) is 7.72. The van der Waals surface area contributed by atoms with Crippen molar-refractivity contribution in [3.05, 3.63) is 21.9 Å². The number of nitrogens with one attached hydrogen (secondary N) is 1. The first-order valence-electron chi connectivity index (χ1n) is 8.94. The molecule has 25 heavy (non-hydrogen) atoms. The summed E-state index contributed by atoms with van der Waals surface area (Å²) in [7, 11) is 0. The molecule has 3 aliphatic rings. The van der Waals surface area contributed by atoms with Gasteiger partial charge in [-0.05, 0) is 23.9 Å². The molecule has 0 unspecified atom stereocenters. The number of hydrogen-bond acceptors (Lipinski definition) is 4. The van der Waals surface area contributed by atoms with E-state index in [0.29, 0.717) is 19.1 Å². The first-order valence-corrected chi connectivity index (χ1v) is 9.82. The van der Waals surface area contributed by atoms with E-state index >= 15 is 0 Å². The van der Waals surface area contributed by atoms with Crippen LogP contribution >= 0.6 is 11.3 Å². The number of rotatable bonds is 5. The van der Waals surface area contributed by atoms with Gasteiger partial charge in [-0.15, -0.1) is 11.3 Å². The molecule has 2 aliphatic heterocycles. The van der Waals surface area contributed by atoms with Crippen LogP contribution in [0.1, 0.15) is 23.3 Å². The predicted octanol–water partition coefficient (Wildman–Crippen LogP) is 2.66. The topological polar surface area (TPSA) is 41.6 Å². The van der Waals surface area contributed by atoms with E-state index in [0.717, 1.165) is 19.6 Å². The van der Waals surface area contributed by atoms with Crippen LogP contribution in [-0.4, -0.2) is 49.1 Å². The van der Waals surface area contributed by atoms with Crippen LogP contribution in [0.4, 0.5) is 8.78 Å². The zero-order valence-electron chi connectivity index (χ0n) is 14.3. The Bertz CT molecular complexity index is 643. The zero-order chi connectivity index (χ0) is 17.6. The molecule has 1 aliphatic carbocycles. The lowest BCUT2D eigenvalue weighted by atomic mass is 9.80. The van der Waals surface area contributed by atoms with E-state index in [4.69, 9.17) is 4.74 Å². The van der Waals surface area contributed by atoms with Gasteiger partial charge in [0.1, 0.15) is 0 Å². The van der Waals surface area contributed by atoms with Gasteiger partial charge in [-0.25, -0.2) is 8.78 Å². The van der Waals surface area contributed by atoms with Crippen LogP contribution in [0.5, 0.6) is 0 Å². The molecule has 0 spiro atoms. The Morgan fingerprint density at radius 2 is 2.24 bits per heavy atom. The van der Waals surface area contributed by atoms with Gasteiger partial charge in [0.15, 0.2) is 0 Å². The van der Waals surface area contributed by atoms with E-state index in [1.807, 2.05) is 0 Å². The molecule has 2 saturated heterocycles.